The molecule has 0 bridgehead atoms. The quantitative estimate of drug-likeness (QED) is 0.766. The largest absolute Gasteiger partial charge is 0.384 e. The molecule has 0 unspecified atom stereocenters. The van der Waals surface area contributed by atoms with Crippen LogP contribution in [-0.2, 0) is 12.8 Å². The average molecular weight is 365 g/mol. The van der Waals surface area contributed by atoms with E-state index in [4.69, 9.17) is 4.37 Å². The van der Waals surface area contributed by atoms with Gasteiger partial charge in [-0.15, -0.1) is 0 Å². The van der Waals surface area contributed by atoms with Crippen LogP contribution in [0.2, 0.25) is 0 Å². The molecule has 3 heterocycles. The van der Waals surface area contributed by atoms with Crippen LogP contribution in [0, 0.1) is 0 Å². The number of hydrogen-bond acceptors (Lipinski definition) is 5. The predicted molar refractivity (Wildman–Crippen MR) is 111 cm³/mol. The number of fused-ring (bicyclic) bond motifs is 2. The number of aromatic nitrogens is 1. The molecule has 5 rings (SSSR count). The number of piperazine rings is 1. The minimum atomic E-state index is 1.07. The molecular formula is C21H24N4S. The molecule has 0 saturated carbocycles. The summed E-state index contributed by atoms with van der Waals surface area (Å²) in [6.07, 6.45) is 2.32. The number of nitrogens with one attached hydrogen (secondary N) is 1. The van der Waals surface area contributed by atoms with Gasteiger partial charge in [0.15, 0.2) is 0 Å². The van der Waals surface area contributed by atoms with Gasteiger partial charge in [-0.2, -0.15) is 4.37 Å². The SMILES string of the molecule is c1ccc2c(N3CCN(CCc4ccc5c(c4)CCN5)CC3)nsc2c1. The Morgan fingerprint density at radius 1 is 1.04 bits per heavy atom. The van der Waals surface area contributed by atoms with Crippen LogP contribution in [0.3, 0.4) is 0 Å². The molecule has 134 valence electrons. The molecule has 5 heteroatoms. The smallest absolute Gasteiger partial charge is 0.150 e. The summed E-state index contributed by atoms with van der Waals surface area (Å²) in [5, 5.41) is 4.75. The first-order valence-electron chi connectivity index (χ1n) is 9.54. The van der Waals surface area contributed by atoms with Crippen molar-refractivity contribution >= 4 is 33.1 Å². The second-order valence-corrected chi connectivity index (χ2v) is 8.05. The van der Waals surface area contributed by atoms with E-state index >= 15 is 0 Å². The Kier molecular flexibility index (Phi) is 4.27. The van der Waals surface area contributed by atoms with Gasteiger partial charge in [0, 0.05) is 50.3 Å². The lowest BCUT2D eigenvalue weighted by atomic mass is 10.1. The Hall–Kier alpha value is -2.11. The number of hydrogen-bond donors (Lipinski definition) is 1. The molecule has 0 spiro atoms. The van der Waals surface area contributed by atoms with E-state index in [2.05, 4.69) is 57.6 Å². The summed E-state index contributed by atoms with van der Waals surface area (Å²) in [4.78, 5) is 5.05. The second kappa shape index (κ2) is 6.89. The third-order valence-electron chi connectivity index (χ3n) is 5.63. The van der Waals surface area contributed by atoms with Crippen molar-refractivity contribution in [3.63, 3.8) is 0 Å². The fraction of sp³-hybridized carbons (Fsp3) is 0.381. The first-order valence-corrected chi connectivity index (χ1v) is 10.3. The molecule has 1 N–H and O–H groups in total. The zero-order valence-electron chi connectivity index (χ0n) is 14.9. The fourth-order valence-corrected chi connectivity index (χ4v) is 4.88. The van der Waals surface area contributed by atoms with Crippen LogP contribution in [0.1, 0.15) is 11.1 Å². The molecule has 0 atom stereocenters. The van der Waals surface area contributed by atoms with Crippen molar-refractivity contribution in [2.75, 3.05) is 49.5 Å². The van der Waals surface area contributed by atoms with Gasteiger partial charge in [0.2, 0.25) is 0 Å². The zero-order chi connectivity index (χ0) is 17.3. The highest BCUT2D eigenvalue weighted by molar-refractivity contribution is 7.13. The van der Waals surface area contributed by atoms with Crippen LogP contribution < -0.4 is 10.2 Å². The van der Waals surface area contributed by atoms with Gasteiger partial charge in [-0.25, -0.2) is 0 Å². The molecular weight excluding hydrogens is 340 g/mol. The van der Waals surface area contributed by atoms with Gasteiger partial charge in [0.1, 0.15) is 5.82 Å². The molecule has 2 aliphatic rings. The highest BCUT2D eigenvalue weighted by Gasteiger charge is 2.20. The summed E-state index contributed by atoms with van der Waals surface area (Å²) in [7, 11) is 0. The molecule has 2 aromatic carbocycles. The maximum atomic E-state index is 4.71. The van der Waals surface area contributed by atoms with Crippen LogP contribution in [0.5, 0.6) is 0 Å². The van der Waals surface area contributed by atoms with Crippen molar-refractivity contribution in [2.45, 2.75) is 12.8 Å². The van der Waals surface area contributed by atoms with Gasteiger partial charge in [-0.3, -0.25) is 4.90 Å². The van der Waals surface area contributed by atoms with Crippen molar-refractivity contribution in [3.05, 3.63) is 53.6 Å². The summed E-state index contributed by atoms with van der Waals surface area (Å²) in [5.41, 5.74) is 4.29. The number of benzene rings is 2. The summed E-state index contributed by atoms with van der Waals surface area (Å²) in [5.74, 6) is 1.18. The van der Waals surface area contributed by atoms with E-state index in [1.807, 2.05) is 0 Å². The van der Waals surface area contributed by atoms with E-state index in [1.165, 1.54) is 39.1 Å². The topological polar surface area (TPSA) is 31.4 Å². The Bertz CT molecular complexity index is 911. The first-order chi connectivity index (χ1) is 12.9. The fourth-order valence-electron chi connectivity index (χ4n) is 4.08. The van der Waals surface area contributed by atoms with E-state index in [-0.39, 0.29) is 0 Å². The summed E-state index contributed by atoms with van der Waals surface area (Å²) in [6, 6.07) is 15.5. The van der Waals surface area contributed by atoms with Gasteiger partial charge in [0.25, 0.3) is 0 Å². The zero-order valence-corrected chi connectivity index (χ0v) is 15.8. The molecule has 1 saturated heterocycles. The Morgan fingerprint density at radius 3 is 2.85 bits per heavy atom. The second-order valence-electron chi connectivity index (χ2n) is 7.25. The molecule has 0 amide bonds. The van der Waals surface area contributed by atoms with Crippen molar-refractivity contribution < 1.29 is 0 Å². The lowest BCUT2D eigenvalue weighted by Gasteiger charge is -2.35. The minimum absolute atomic E-state index is 1.07. The van der Waals surface area contributed by atoms with Crippen LogP contribution in [0.25, 0.3) is 10.1 Å². The van der Waals surface area contributed by atoms with Crippen molar-refractivity contribution in [1.82, 2.24) is 9.27 Å². The Balaban J connectivity index is 1.18. The minimum Gasteiger partial charge on any atom is -0.384 e. The molecule has 26 heavy (non-hydrogen) atoms. The van der Waals surface area contributed by atoms with Crippen LogP contribution in [-0.4, -0.2) is 48.5 Å². The maximum Gasteiger partial charge on any atom is 0.150 e. The maximum absolute atomic E-state index is 4.71. The van der Waals surface area contributed by atoms with Gasteiger partial charge < -0.3 is 10.2 Å². The lowest BCUT2D eigenvalue weighted by molar-refractivity contribution is 0.261. The van der Waals surface area contributed by atoms with E-state index in [1.54, 1.807) is 11.5 Å². The Morgan fingerprint density at radius 2 is 1.92 bits per heavy atom. The molecule has 1 fully saturated rings. The van der Waals surface area contributed by atoms with Gasteiger partial charge in [0.05, 0.1) is 4.70 Å². The molecule has 0 radical (unpaired) electrons. The monoisotopic (exact) mass is 364 g/mol. The van der Waals surface area contributed by atoms with E-state index in [9.17, 15) is 0 Å². The molecule has 4 nitrogen and oxygen atoms in total. The molecule has 0 aliphatic carbocycles. The predicted octanol–water partition coefficient (Wildman–Crippen LogP) is 3.63. The molecule has 2 aliphatic heterocycles. The Labute approximate surface area is 158 Å². The van der Waals surface area contributed by atoms with E-state index in [0.29, 0.717) is 0 Å². The highest BCUT2D eigenvalue weighted by atomic mass is 32.1. The number of rotatable bonds is 4. The van der Waals surface area contributed by atoms with Crippen LogP contribution >= 0.6 is 11.5 Å². The van der Waals surface area contributed by atoms with E-state index < -0.39 is 0 Å². The highest BCUT2D eigenvalue weighted by Crippen LogP contribution is 2.30. The average Bonchev–Trinajstić information content (AvgIpc) is 3.33. The number of nitrogens with zero attached hydrogens (tertiary/aromatic N) is 3. The van der Waals surface area contributed by atoms with Gasteiger partial charge >= 0.3 is 0 Å². The lowest BCUT2D eigenvalue weighted by Crippen LogP contribution is -2.47. The van der Waals surface area contributed by atoms with Gasteiger partial charge in [-0.1, -0.05) is 24.3 Å². The normalized spacial score (nSPS) is 17.5. The first kappa shape index (κ1) is 16.1. The van der Waals surface area contributed by atoms with Gasteiger partial charge in [-0.05, 0) is 53.7 Å². The van der Waals surface area contributed by atoms with Crippen LogP contribution in [0.15, 0.2) is 42.5 Å². The van der Waals surface area contributed by atoms with E-state index in [0.717, 1.165) is 45.7 Å². The molecule has 1 aromatic heterocycles. The standard InChI is InChI=1S/C21H24N4S/c1-2-4-20-18(3-1)21(23-26-20)25-13-11-24(12-14-25)10-8-16-5-6-19-17(15-16)7-9-22-19/h1-6,15,22H,7-14H2. The van der Waals surface area contributed by atoms with Crippen LogP contribution in [0.4, 0.5) is 11.5 Å². The van der Waals surface area contributed by atoms with Crippen molar-refractivity contribution in [1.29, 1.82) is 0 Å². The summed E-state index contributed by atoms with van der Waals surface area (Å²) in [6.45, 7) is 6.63. The number of anilines is 2. The summed E-state index contributed by atoms with van der Waals surface area (Å²) >= 11 is 1.62. The third kappa shape index (κ3) is 3.06. The third-order valence-corrected chi connectivity index (χ3v) is 6.44. The molecule has 3 aromatic rings. The summed E-state index contributed by atoms with van der Waals surface area (Å²) < 4.78 is 6.00. The van der Waals surface area contributed by atoms with Crippen molar-refractivity contribution in [2.24, 2.45) is 0 Å². The van der Waals surface area contributed by atoms with Crippen molar-refractivity contribution in [3.8, 4) is 0 Å².